The maximum absolute atomic E-state index is 10.6. The summed E-state index contributed by atoms with van der Waals surface area (Å²) in [5, 5.41) is 13.2. The van der Waals surface area contributed by atoms with E-state index in [9.17, 15) is 4.79 Å². The highest BCUT2D eigenvalue weighted by Gasteiger charge is 2.06. The van der Waals surface area contributed by atoms with Gasteiger partial charge in [0.2, 0.25) is 0 Å². The second-order valence-electron chi connectivity index (χ2n) is 5.35. The first-order valence-electron chi connectivity index (χ1n) is 7.67. The number of benzene rings is 1. The van der Waals surface area contributed by atoms with E-state index in [1.165, 1.54) is 5.56 Å². The minimum Gasteiger partial charge on any atom is -0.481 e. The van der Waals surface area contributed by atoms with Crippen molar-refractivity contribution < 1.29 is 9.90 Å². The molecule has 2 N–H and O–H groups in total. The Morgan fingerprint density at radius 1 is 1.13 bits per heavy atom. The van der Waals surface area contributed by atoms with Gasteiger partial charge in [0.15, 0.2) is 0 Å². The van der Waals surface area contributed by atoms with E-state index < -0.39 is 5.97 Å². The van der Waals surface area contributed by atoms with Crippen LogP contribution in [0.4, 0.5) is 5.69 Å². The molecule has 0 radical (unpaired) electrons. The smallest absolute Gasteiger partial charge is 0.303 e. The molecule has 0 aliphatic heterocycles. The fraction of sp³-hybridized carbons (Fsp3) is 0.278. The molecule has 5 heteroatoms. The minimum absolute atomic E-state index is 0.181. The summed E-state index contributed by atoms with van der Waals surface area (Å²) in [7, 11) is 0. The molecule has 0 fully saturated rings. The number of hydrogen-bond acceptors (Lipinski definition) is 4. The molecule has 23 heavy (non-hydrogen) atoms. The normalized spacial score (nSPS) is 11.3. The maximum atomic E-state index is 10.6. The molecule has 0 bridgehead atoms. The monoisotopic (exact) mass is 311 g/mol. The van der Waals surface area contributed by atoms with Crippen LogP contribution in [0.2, 0.25) is 0 Å². The number of unbranched alkanes of at least 4 members (excludes halogenated alkanes) is 1. The standard InChI is InChI=1S/C18H21N3O2/c1-14-9-11-15(12-10-14)20-21-17(7-2-3-8-18(22)23)16-6-4-5-13-19-16/h4-6,9-13,20H,2-3,7-8H2,1H3,(H,22,23)/b21-17-. The molecule has 0 unspecified atom stereocenters. The Morgan fingerprint density at radius 3 is 2.52 bits per heavy atom. The molecule has 120 valence electrons. The van der Waals surface area contributed by atoms with Crippen LogP contribution in [-0.2, 0) is 4.79 Å². The van der Waals surface area contributed by atoms with Gasteiger partial charge in [-0.25, -0.2) is 0 Å². The number of pyridine rings is 1. The lowest BCUT2D eigenvalue weighted by molar-refractivity contribution is -0.137. The van der Waals surface area contributed by atoms with Gasteiger partial charge in [0.1, 0.15) is 0 Å². The Bertz CT molecular complexity index is 652. The molecular weight excluding hydrogens is 290 g/mol. The molecule has 2 aromatic rings. The van der Waals surface area contributed by atoms with Gasteiger partial charge >= 0.3 is 5.97 Å². The van der Waals surface area contributed by atoms with E-state index in [1.54, 1.807) is 6.20 Å². The van der Waals surface area contributed by atoms with Gasteiger partial charge in [-0.3, -0.25) is 15.2 Å². The largest absolute Gasteiger partial charge is 0.481 e. The summed E-state index contributed by atoms with van der Waals surface area (Å²) >= 11 is 0. The van der Waals surface area contributed by atoms with Crippen molar-refractivity contribution in [2.75, 3.05) is 5.43 Å². The van der Waals surface area contributed by atoms with E-state index in [1.807, 2.05) is 49.4 Å². The number of hydrogen-bond donors (Lipinski definition) is 2. The lowest BCUT2D eigenvalue weighted by Crippen LogP contribution is -2.07. The van der Waals surface area contributed by atoms with Gasteiger partial charge in [-0.1, -0.05) is 23.8 Å². The highest BCUT2D eigenvalue weighted by molar-refractivity contribution is 5.99. The third-order valence-corrected chi connectivity index (χ3v) is 3.39. The van der Waals surface area contributed by atoms with Gasteiger partial charge in [-0.05, 0) is 50.5 Å². The van der Waals surface area contributed by atoms with Crippen LogP contribution >= 0.6 is 0 Å². The Labute approximate surface area is 136 Å². The summed E-state index contributed by atoms with van der Waals surface area (Å²) in [6.07, 6.45) is 3.99. The van der Waals surface area contributed by atoms with Crippen molar-refractivity contribution in [3.05, 3.63) is 59.9 Å². The van der Waals surface area contributed by atoms with Gasteiger partial charge in [0.05, 0.1) is 17.1 Å². The average molecular weight is 311 g/mol. The Balaban J connectivity index is 2.04. The van der Waals surface area contributed by atoms with Gasteiger partial charge in [-0.2, -0.15) is 5.10 Å². The van der Waals surface area contributed by atoms with E-state index in [0.717, 1.165) is 23.5 Å². The zero-order chi connectivity index (χ0) is 16.5. The predicted molar refractivity (Wildman–Crippen MR) is 91.7 cm³/mol. The Morgan fingerprint density at radius 2 is 1.87 bits per heavy atom. The molecule has 0 aliphatic carbocycles. The van der Waals surface area contributed by atoms with Gasteiger partial charge < -0.3 is 5.11 Å². The van der Waals surface area contributed by atoms with Crippen molar-refractivity contribution in [3.63, 3.8) is 0 Å². The van der Waals surface area contributed by atoms with Crippen molar-refractivity contribution in [1.82, 2.24) is 4.98 Å². The van der Waals surface area contributed by atoms with Crippen molar-refractivity contribution >= 4 is 17.4 Å². The molecule has 1 aromatic heterocycles. The van der Waals surface area contributed by atoms with Gasteiger partial charge in [0, 0.05) is 12.6 Å². The van der Waals surface area contributed by atoms with E-state index in [4.69, 9.17) is 5.11 Å². The number of carboxylic acid groups (broad SMARTS) is 1. The molecule has 0 atom stereocenters. The van der Waals surface area contributed by atoms with Crippen molar-refractivity contribution in [2.24, 2.45) is 5.10 Å². The van der Waals surface area contributed by atoms with Crippen LogP contribution in [0.1, 0.15) is 36.9 Å². The lowest BCUT2D eigenvalue weighted by atomic mass is 10.1. The molecule has 0 spiro atoms. The van der Waals surface area contributed by atoms with E-state index >= 15 is 0 Å². The van der Waals surface area contributed by atoms with Crippen LogP contribution in [0.3, 0.4) is 0 Å². The number of carbonyl (C=O) groups is 1. The number of hydrazone groups is 1. The third kappa shape index (κ3) is 5.90. The Kier molecular flexibility index (Phi) is 6.29. The molecule has 1 aromatic carbocycles. The van der Waals surface area contributed by atoms with Crippen LogP contribution in [0.5, 0.6) is 0 Å². The second kappa shape index (κ2) is 8.68. The summed E-state index contributed by atoms with van der Waals surface area (Å²) in [4.78, 5) is 14.9. The van der Waals surface area contributed by atoms with Crippen molar-refractivity contribution in [1.29, 1.82) is 0 Å². The third-order valence-electron chi connectivity index (χ3n) is 3.39. The predicted octanol–water partition coefficient (Wildman–Crippen LogP) is 3.85. The Hall–Kier alpha value is -2.69. The fourth-order valence-corrected chi connectivity index (χ4v) is 2.10. The van der Waals surface area contributed by atoms with Crippen molar-refractivity contribution in [2.45, 2.75) is 32.6 Å². The minimum atomic E-state index is -0.765. The highest BCUT2D eigenvalue weighted by Crippen LogP contribution is 2.11. The first-order chi connectivity index (χ1) is 11.1. The van der Waals surface area contributed by atoms with Gasteiger partial charge in [0.25, 0.3) is 0 Å². The average Bonchev–Trinajstić information content (AvgIpc) is 2.56. The van der Waals surface area contributed by atoms with Crippen LogP contribution < -0.4 is 5.43 Å². The first kappa shape index (κ1) is 16.7. The number of aliphatic carboxylic acids is 1. The first-order valence-corrected chi connectivity index (χ1v) is 7.67. The summed E-state index contributed by atoms with van der Waals surface area (Å²) in [5.74, 6) is -0.765. The molecule has 0 saturated carbocycles. The van der Waals surface area contributed by atoms with Crippen LogP contribution in [0.25, 0.3) is 0 Å². The summed E-state index contributed by atoms with van der Waals surface area (Å²) in [6.45, 7) is 2.04. The fourth-order valence-electron chi connectivity index (χ4n) is 2.10. The van der Waals surface area contributed by atoms with Crippen LogP contribution in [0, 0.1) is 6.92 Å². The van der Waals surface area contributed by atoms with Gasteiger partial charge in [-0.15, -0.1) is 0 Å². The zero-order valence-electron chi connectivity index (χ0n) is 13.2. The number of carboxylic acids is 1. The number of aromatic nitrogens is 1. The zero-order valence-corrected chi connectivity index (χ0v) is 13.2. The number of nitrogens with zero attached hydrogens (tertiary/aromatic N) is 2. The molecule has 1 heterocycles. The molecule has 0 amide bonds. The summed E-state index contributed by atoms with van der Waals surface area (Å²) in [6, 6.07) is 13.7. The maximum Gasteiger partial charge on any atom is 0.303 e. The van der Waals surface area contributed by atoms with Crippen LogP contribution in [0.15, 0.2) is 53.8 Å². The highest BCUT2D eigenvalue weighted by atomic mass is 16.4. The molecular formula is C18H21N3O2. The molecule has 0 saturated heterocycles. The van der Waals surface area contributed by atoms with E-state index in [2.05, 4.69) is 15.5 Å². The SMILES string of the molecule is Cc1ccc(N/N=C(/CCCCC(=O)O)c2ccccn2)cc1. The summed E-state index contributed by atoms with van der Waals surface area (Å²) in [5.41, 5.74) is 6.79. The van der Waals surface area contributed by atoms with E-state index in [-0.39, 0.29) is 6.42 Å². The molecule has 0 aliphatic rings. The lowest BCUT2D eigenvalue weighted by Gasteiger charge is -2.07. The summed E-state index contributed by atoms with van der Waals surface area (Å²) < 4.78 is 0. The second-order valence-corrected chi connectivity index (χ2v) is 5.35. The number of aryl methyl sites for hydroxylation is 1. The number of rotatable bonds is 8. The van der Waals surface area contributed by atoms with Crippen molar-refractivity contribution in [3.8, 4) is 0 Å². The number of anilines is 1. The topological polar surface area (TPSA) is 74.6 Å². The number of nitrogens with one attached hydrogen (secondary N) is 1. The molecule has 5 nitrogen and oxygen atoms in total. The quantitative estimate of drug-likeness (QED) is 0.441. The van der Waals surface area contributed by atoms with E-state index in [0.29, 0.717) is 12.8 Å². The van der Waals surface area contributed by atoms with Crippen LogP contribution in [-0.4, -0.2) is 21.8 Å². The molecule has 2 rings (SSSR count).